The molecule has 8 heteroatoms. The Labute approximate surface area is 214 Å². The smallest absolute Gasteiger partial charge is 0.363 e. The minimum absolute atomic E-state index is 0.240. The van der Waals surface area contributed by atoms with Crippen molar-refractivity contribution in [2.75, 3.05) is 0 Å². The van der Waals surface area contributed by atoms with Crippen LogP contribution in [0.1, 0.15) is 16.7 Å². The van der Waals surface area contributed by atoms with Gasteiger partial charge in [0.15, 0.2) is 5.70 Å². The minimum Gasteiger partial charge on any atom is -0.487 e. The predicted molar refractivity (Wildman–Crippen MR) is 137 cm³/mol. The summed E-state index contributed by atoms with van der Waals surface area (Å²) in [5.41, 5.74) is 2.66. The Hall–Kier alpha value is -1.79. The maximum atomic E-state index is 13.1. The van der Waals surface area contributed by atoms with Gasteiger partial charge in [0.2, 0.25) is 5.90 Å². The average molecular weight is 704 g/mol. The number of carbonyl (C=O) groups excluding carboxylic acids is 1. The molecule has 0 aromatic heterocycles. The molecule has 0 N–H and O–H groups in total. The van der Waals surface area contributed by atoms with E-state index in [9.17, 15) is 9.18 Å². The van der Waals surface area contributed by atoms with E-state index in [0.717, 1.165) is 34.1 Å². The van der Waals surface area contributed by atoms with E-state index >= 15 is 0 Å². The third kappa shape index (κ3) is 5.53. The zero-order valence-corrected chi connectivity index (χ0v) is 21.6. The summed E-state index contributed by atoms with van der Waals surface area (Å²) in [6.45, 7) is 0.333. The van der Waals surface area contributed by atoms with Gasteiger partial charge in [0.05, 0.1) is 7.14 Å². The summed E-state index contributed by atoms with van der Waals surface area (Å²) in [6, 6.07) is 17.4. The summed E-state index contributed by atoms with van der Waals surface area (Å²) >= 11 is 7.77. The van der Waals surface area contributed by atoms with Gasteiger partial charge in [-0.3, -0.25) is 0 Å². The van der Waals surface area contributed by atoms with E-state index < -0.39 is 5.97 Å². The Bertz CT molecular complexity index is 1190. The van der Waals surface area contributed by atoms with Crippen LogP contribution in [0.25, 0.3) is 6.08 Å². The zero-order chi connectivity index (χ0) is 22.0. The third-order valence-electron chi connectivity index (χ3n) is 4.33. The summed E-state index contributed by atoms with van der Waals surface area (Å²) in [5.74, 6) is 0.259. The first-order chi connectivity index (χ1) is 14.9. The Morgan fingerprint density at radius 3 is 2.32 bits per heavy atom. The van der Waals surface area contributed by atoms with Crippen molar-refractivity contribution in [1.29, 1.82) is 0 Å². The Kier molecular flexibility index (Phi) is 7.07. The van der Waals surface area contributed by atoms with Gasteiger partial charge in [0.25, 0.3) is 0 Å². The van der Waals surface area contributed by atoms with Crippen LogP contribution in [0.15, 0.2) is 75.8 Å². The van der Waals surface area contributed by atoms with Gasteiger partial charge in [-0.15, -0.1) is 0 Å². The summed E-state index contributed by atoms with van der Waals surface area (Å²) in [6.07, 6.45) is 1.70. The maximum Gasteiger partial charge on any atom is 0.363 e. The van der Waals surface area contributed by atoms with Crippen molar-refractivity contribution in [3.63, 3.8) is 0 Å². The molecule has 0 amide bonds. The lowest BCUT2D eigenvalue weighted by Gasteiger charge is -2.11. The SMILES string of the molecule is O=C1OC(c2ccc(Br)cc2)=N/C1=C\c1cc(I)c(OCc2ccc(F)cc2)c(I)c1. The number of ether oxygens (including phenoxy) is 2. The zero-order valence-electron chi connectivity index (χ0n) is 15.7. The number of carbonyl (C=O) groups is 1. The van der Waals surface area contributed by atoms with Gasteiger partial charge in [0, 0.05) is 10.0 Å². The second-order valence-electron chi connectivity index (χ2n) is 6.57. The van der Waals surface area contributed by atoms with E-state index in [1.165, 1.54) is 12.1 Å². The molecule has 0 saturated heterocycles. The fraction of sp³-hybridized carbons (Fsp3) is 0.0435. The molecule has 0 radical (unpaired) electrons. The molecule has 0 unspecified atom stereocenters. The van der Waals surface area contributed by atoms with Crippen LogP contribution in [0, 0.1) is 13.0 Å². The van der Waals surface area contributed by atoms with Crippen molar-refractivity contribution in [3.05, 3.63) is 100 Å². The van der Waals surface area contributed by atoms with Crippen LogP contribution in [-0.4, -0.2) is 11.9 Å². The molecule has 0 atom stereocenters. The fourth-order valence-electron chi connectivity index (χ4n) is 2.82. The van der Waals surface area contributed by atoms with Gasteiger partial charge in [-0.2, -0.15) is 0 Å². The van der Waals surface area contributed by atoms with Crippen LogP contribution >= 0.6 is 61.1 Å². The monoisotopic (exact) mass is 703 g/mol. The van der Waals surface area contributed by atoms with Gasteiger partial charge in [-0.1, -0.05) is 28.1 Å². The lowest BCUT2D eigenvalue weighted by molar-refractivity contribution is -0.129. The predicted octanol–water partition coefficient (Wildman–Crippen LogP) is 6.72. The first kappa shape index (κ1) is 22.4. The molecule has 4 rings (SSSR count). The van der Waals surface area contributed by atoms with Gasteiger partial charge < -0.3 is 9.47 Å². The van der Waals surface area contributed by atoms with Gasteiger partial charge in [-0.25, -0.2) is 14.2 Å². The van der Waals surface area contributed by atoms with Crippen LogP contribution in [-0.2, 0) is 16.1 Å². The van der Waals surface area contributed by atoms with Crippen molar-refractivity contribution in [3.8, 4) is 5.75 Å². The van der Waals surface area contributed by atoms with Crippen molar-refractivity contribution >= 4 is 79.1 Å². The number of esters is 1. The molecule has 0 saturated carbocycles. The van der Waals surface area contributed by atoms with Crippen molar-refractivity contribution in [1.82, 2.24) is 0 Å². The van der Waals surface area contributed by atoms with Gasteiger partial charge in [-0.05, 0) is 111 Å². The highest BCUT2D eigenvalue weighted by Gasteiger charge is 2.24. The lowest BCUT2D eigenvalue weighted by atomic mass is 10.2. The number of halogens is 4. The van der Waals surface area contributed by atoms with Crippen LogP contribution in [0.2, 0.25) is 0 Å². The number of cyclic esters (lactones) is 1. The number of aliphatic imine (C=N–C) groups is 1. The largest absolute Gasteiger partial charge is 0.487 e. The van der Waals surface area contributed by atoms with E-state index in [2.05, 4.69) is 66.1 Å². The molecule has 4 nitrogen and oxygen atoms in total. The highest BCUT2D eigenvalue weighted by molar-refractivity contribution is 14.1. The van der Waals surface area contributed by atoms with Crippen LogP contribution in [0.5, 0.6) is 5.75 Å². The Morgan fingerprint density at radius 2 is 1.68 bits per heavy atom. The van der Waals surface area contributed by atoms with Crippen LogP contribution in [0.3, 0.4) is 0 Å². The molecule has 0 spiro atoms. The van der Waals surface area contributed by atoms with Crippen molar-refractivity contribution < 1.29 is 18.7 Å². The highest BCUT2D eigenvalue weighted by atomic mass is 127. The summed E-state index contributed by atoms with van der Waals surface area (Å²) < 4.78 is 27.0. The van der Waals surface area contributed by atoms with Gasteiger partial charge >= 0.3 is 5.97 Å². The number of hydrogen-bond donors (Lipinski definition) is 0. The average Bonchev–Trinajstić information content (AvgIpc) is 3.09. The van der Waals surface area contributed by atoms with Gasteiger partial charge in [0.1, 0.15) is 18.2 Å². The van der Waals surface area contributed by atoms with E-state index in [4.69, 9.17) is 9.47 Å². The van der Waals surface area contributed by atoms with E-state index in [0.29, 0.717) is 6.61 Å². The molecule has 3 aromatic rings. The number of nitrogens with zero attached hydrogens (tertiary/aromatic N) is 1. The topological polar surface area (TPSA) is 47.9 Å². The minimum atomic E-state index is -0.487. The maximum absolute atomic E-state index is 13.1. The first-order valence-corrected chi connectivity index (χ1v) is 12.0. The highest BCUT2D eigenvalue weighted by Crippen LogP contribution is 2.31. The van der Waals surface area contributed by atoms with Crippen LogP contribution < -0.4 is 4.74 Å². The first-order valence-electron chi connectivity index (χ1n) is 9.04. The molecule has 0 bridgehead atoms. The van der Waals surface area contributed by atoms with Crippen molar-refractivity contribution in [2.24, 2.45) is 4.99 Å². The molecule has 3 aromatic carbocycles. The molecule has 1 heterocycles. The fourth-order valence-corrected chi connectivity index (χ4v) is 5.21. The summed E-state index contributed by atoms with van der Waals surface area (Å²) in [4.78, 5) is 16.6. The second kappa shape index (κ2) is 9.78. The van der Waals surface area contributed by atoms with E-state index in [-0.39, 0.29) is 17.4 Å². The quantitative estimate of drug-likeness (QED) is 0.169. The molecule has 156 valence electrons. The second-order valence-corrected chi connectivity index (χ2v) is 9.81. The number of benzene rings is 3. The molecule has 0 fully saturated rings. The number of rotatable bonds is 5. The molecule has 1 aliphatic heterocycles. The summed E-state index contributed by atoms with van der Waals surface area (Å²) in [5, 5.41) is 0. The molecule has 1 aliphatic rings. The Balaban J connectivity index is 1.54. The molecular formula is C23H13BrFI2NO3. The van der Waals surface area contributed by atoms with Crippen molar-refractivity contribution in [2.45, 2.75) is 6.61 Å². The van der Waals surface area contributed by atoms with E-state index in [1.807, 2.05) is 36.4 Å². The van der Waals surface area contributed by atoms with Crippen LogP contribution in [0.4, 0.5) is 4.39 Å². The number of hydrogen-bond acceptors (Lipinski definition) is 4. The molecule has 31 heavy (non-hydrogen) atoms. The third-order valence-corrected chi connectivity index (χ3v) is 6.46. The normalized spacial score (nSPS) is 14.5. The van der Waals surface area contributed by atoms with E-state index in [1.54, 1.807) is 18.2 Å². The lowest BCUT2D eigenvalue weighted by Crippen LogP contribution is -2.05. The standard InChI is InChI=1S/C23H13BrFI2NO3/c24-16-5-3-15(4-6-16)22-28-20(23(29)31-22)11-14-9-18(26)21(19(27)10-14)30-12-13-1-7-17(25)8-2-13/h1-11H,12H2/b20-11-. The molecular weight excluding hydrogens is 691 g/mol. The Morgan fingerprint density at radius 1 is 1.03 bits per heavy atom. The molecule has 0 aliphatic carbocycles. The summed E-state index contributed by atoms with van der Waals surface area (Å²) in [7, 11) is 0.